The number of rotatable bonds is 10. The Labute approximate surface area is 241 Å². The number of hydrogen-bond donors (Lipinski definition) is 1. The molecule has 13 heteroatoms. The second kappa shape index (κ2) is 15.0. The summed E-state index contributed by atoms with van der Waals surface area (Å²) in [5.74, 6) is -2.27. The van der Waals surface area contributed by atoms with Crippen molar-refractivity contribution >= 4 is 29.4 Å². The highest BCUT2D eigenvalue weighted by Crippen LogP contribution is 2.30. The summed E-state index contributed by atoms with van der Waals surface area (Å²) in [5.41, 5.74) is 1.12. The van der Waals surface area contributed by atoms with E-state index in [9.17, 15) is 23.9 Å². The van der Waals surface area contributed by atoms with Gasteiger partial charge in [0, 0.05) is 18.7 Å². The van der Waals surface area contributed by atoms with Gasteiger partial charge in [0.25, 0.3) is 5.91 Å². The second-order valence-corrected chi connectivity index (χ2v) is 9.11. The standard InChI is InChI=1S/C18H16ClFN2O4.C10H15NO4/c1-2-26-18(25)16-11-5-6-22(17(24)15(11)14(23)8-21-16)9-10-3-4-13(20)12(19)7-10;1-3-5-6-14-8-7-11-9(15-8)10(12)13-4-2/h3-4,7-8,23H,2,5-6,9H2,1H3;7H,3-6H2,1-2H3. The molecule has 0 saturated heterocycles. The SMILES string of the molecule is CCCCOc1cnc(C(=O)OCC)o1.CCOC(=O)c1ncc(O)c2c1CCN(Cc1ccc(F)c(Cl)c1)C2=O. The van der Waals surface area contributed by atoms with Gasteiger partial charge in [-0.3, -0.25) is 4.79 Å². The third-order valence-corrected chi connectivity index (χ3v) is 6.09. The maximum atomic E-state index is 13.3. The molecule has 1 amide bonds. The van der Waals surface area contributed by atoms with Gasteiger partial charge in [0.05, 0.1) is 36.6 Å². The molecular formula is C28H31ClFN3O8. The fraction of sp³-hybridized carbons (Fsp3) is 0.393. The van der Waals surface area contributed by atoms with Gasteiger partial charge < -0.3 is 28.6 Å². The van der Waals surface area contributed by atoms with Crippen LogP contribution in [0.5, 0.6) is 11.7 Å². The molecule has 11 nitrogen and oxygen atoms in total. The summed E-state index contributed by atoms with van der Waals surface area (Å²) in [6.45, 7) is 7.02. The Morgan fingerprint density at radius 2 is 1.85 bits per heavy atom. The van der Waals surface area contributed by atoms with E-state index in [1.54, 1.807) is 19.9 Å². The highest BCUT2D eigenvalue weighted by atomic mass is 35.5. The van der Waals surface area contributed by atoms with E-state index in [0.29, 0.717) is 37.3 Å². The second-order valence-electron chi connectivity index (χ2n) is 8.70. The van der Waals surface area contributed by atoms with Gasteiger partial charge in [-0.2, -0.15) is 0 Å². The Kier molecular flexibility index (Phi) is 11.5. The number of aromatic hydroxyl groups is 1. The fourth-order valence-corrected chi connectivity index (χ4v) is 4.05. The Morgan fingerprint density at radius 3 is 2.54 bits per heavy atom. The smallest absolute Gasteiger partial charge is 0.394 e. The quantitative estimate of drug-likeness (QED) is 0.253. The predicted molar refractivity (Wildman–Crippen MR) is 145 cm³/mol. The summed E-state index contributed by atoms with van der Waals surface area (Å²) in [4.78, 5) is 45.2. The van der Waals surface area contributed by atoms with E-state index < -0.39 is 23.7 Å². The molecule has 1 N–H and O–H groups in total. The number of nitrogens with zero attached hydrogens (tertiary/aromatic N) is 3. The zero-order valence-corrected chi connectivity index (χ0v) is 23.7. The summed E-state index contributed by atoms with van der Waals surface area (Å²) >= 11 is 5.78. The van der Waals surface area contributed by atoms with Crippen molar-refractivity contribution in [3.63, 3.8) is 0 Å². The van der Waals surface area contributed by atoms with Gasteiger partial charge in [-0.05, 0) is 44.4 Å². The van der Waals surface area contributed by atoms with E-state index in [1.165, 1.54) is 23.2 Å². The average Bonchev–Trinajstić information content (AvgIpc) is 3.42. The van der Waals surface area contributed by atoms with Crippen LogP contribution in [-0.4, -0.2) is 64.2 Å². The van der Waals surface area contributed by atoms with Crippen molar-refractivity contribution in [2.45, 2.75) is 46.6 Å². The third-order valence-electron chi connectivity index (χ3n) is 5.80. The Morgan fingerprint density at radius 1 is 1.12 bits per heavy atom. The molecule has 41 heavy (non-hydrogen) atoms. The number of esters is 2. The van der Waals surface area contributed by atoms with E-state index in [-0.39, 0.29) is 47.0 Å². The van der Waals surface area contributed by atoms with E-state index in [1.807, 2.05) is 0 Å². The van der Waals surface area contributed by atoms with Crippen molar-refractivity contribution in [2.24, 2.45) is 0 Å². The van der Waals surface area contributed by atoms with Gasteiger partial charge in [0.1, 0.15) is 17.8 Å². The van der Waals surface area contributed by atoms with Crippen LogP contribution in [0.4, 0.5) is 4.39 Å². The monoisotopic (exact) mass is 591 g/mol. The van der Waals surface area contributed by atoms with E-state index >= 15 is 0 Å². The molecule has 3 heterocycles. The molecule has 0 aliphatic carbocycles. The number of pyridine rings is 1. The number of unbranched alkanes of at least 4 members (excludes halogenated alkanes) is 1. The van der Waals surface area contributed by atoms with E-state index in [2.05, 4.69) is 16.9 Å². The molecule has 0 saturated carbocycles. The first-order chi connectivity index (χ1) is 19.7. The molecule has 0 bridgehead atoms. The lowest BCUT2D eigenvalue weighted by atomic mass is 9.96. The summed E-state index contributed by atoms with van der Waals surface area (Å²) in [7, 11) is 0. The first kappa shape index (κ1) is 31.3. The van der Waals surface area contributed by atoms with Crippen LogP contribution in [0.1, 0.15) is 76.3 Å². The summed E-state index contributed by atoms with van der Waals surface area (Å²) in [6, 6.07) is 4.23. The molecule has 1 aliphatic rings. The van der Waals surface area contributed by atoms with Crippen molar-refractivity contribution in [1.82, 2.24) is 14.9 Å². The normalized spacial score (nSPS) is 12.2. The lowest BCUT2D eigenvalue weighted by Crippen LogP contribution is -2.38. The maximum Gasteiger partial charge on any atom is 0.394 e. The van der Waals surface area contributed by atoms with Crippen LogP contribution in [0.15, 0.2) is 35.0 Å². The molecule has 220 valence electrons. The average molecular weight is 592 g/mol. The van der Waals surface area contributed by atoms with Gasteiger partial charge in [-0.1, -0.05) is 31.0 Å². The molecule has 1 aromatic carbocycles. The molecule has 0 radical (unpaired) electrons. The predicted octanol–water partition coefficient (Wildman–Crippen LogP) is 4.99. The van der Waals surface area contributed by atoms with Crippen LogP contribution in [0.25, 0.3) is 0 Å². The maximum absolute atomic E-state index is 13.3. The Bertz CT molecular complexity index is 1380. The van der Waals surface area contributed by atoms with Gasteiger partial charge in [0.2, 0.25) is 0 Å². The first-order valence-corrected chi connectivity index (χ1v) is 13.4. The Balaban J connectivity index is 0.000000263. The topological polar surface area (TPSA) is 141 Å². The number of aromatic nitrogens is 2. The number of benzene rings is 1. The molecule has 0 spiro atoms. The van der Waals surface area contributed by atoms with Crippen LogP contribution in [0.3, 0.4) is 0 Å². The highest BCUT2D eigenvalue weighted by Gasteiger charge is 2.32. The number of ether oxygens (including phenoxy) is 3. The lowest BCUT2D eigenvalue weighted by Gasteiger charge is -2.29. The van der Waals surface area contributed by atoms with Crippen molar-refractivity contribution in [3.8, 4) is 11.7 Å². The minimum Gasteiger partial charge on any atom is -0.505 e. The van der Waals surface area contributed by atoms with Gasteiger partial charge in [-0.15, -0.1) is 0 Å². The zero-order chi connectivity index (χ0) is 29.9. The van der Waals surface area contributed by atoms with Crippen molar-refractivity contribution < 1.29 is 42.5 Å². The van der Waals surface area contributed by atoms with Gasteiger partial charge in [0.15, 0.2) is 5.69 Å². The van der Waals surface area contributed by atoms with Crippen molar-refractivity contribution in [3.05, 3.63) is 69.7 Å². The van der Waals surface area contributed by atoms with Crippen LogP contribution >= 0.6 is 11.6 Å². The zero-order valence-electron chi connectivity index (χ0n) is 22.9. The van der Waals surface area contributed by atoms with E-state index in [0.717, 1.165) is 19.0 Å². The summed E-state index contributed by atoms with van der Waals surface area (Å²) in [6.07, 6.45) is 4.77. The highest BCUT2D eigenvalue weighted by molar-refractivity contribution is 6.30. The van der Waals surface area contributed by atoms with Crippen molar-refractivity contribution in [2.75, 3.05) is 26.4 Å². The number of halogens is 2. The number of amides is 1. The van der Waals surface area contributed by atoms with Crippen LogP contribution in [-0.2, 0) is 22.4 Å². The van der Waals surface area contributed by atoms with Crippen LogP contribution in [0.2, 0.25) is 5.02 Å². The summed E-state index contributed by atoms with van der Waals surface area (Å²) in [5, 5.41) is 10.1. The molecule has 0 atom stereocenters. The van der Waals surface area contributed by atoms with Crippen LogP contribution < -0.4 is 4.74 Å². The number of fused-ring (bicyclic) bond motifs is 1. The molecule has 0 fully saturated rings. The first-order valence-electron chi connectivity index (χ1n) is 13.1. The molecule has 0 unspecified atom stereocenters. The molecular weight excluding hydrogens is 561 g/mol. The molecule has 3 aromatic rings. The minimum absolute atomic E-state index is 0.0241. The number of hydrogen-bond acceptors (Lipinski definition) is 10. The van der Waals surface area contributed by atoms with E-state index in [4.69, 9.17) is 30.2 Å². The van der Waals surface area contributed by atoms with Gasteiger partial charge in [-0.25, -0.2) is 23.9 Å². The minimum atomic E-state index is -0.629. The number of carbonyl (C=O) groups is 3. The molecule has 2 aromatic heterocycles. The molecule has 1 aliphatic heterocycles. The van der Waals surface area contributed by atoms with Crippen molar-refractivity contribution in [1.29, 1.82) is 0 Å². The molecule has 4 rings (SSSR count). The summed E-state index contributed by atoms with van der Waals surface area (Å²) < 4.78 is 33.2. The third kappa shape index (κ3) is 8.16. The largest absolute Gasteiger partial charge is 0.505 e. The number of oxazole rings is 1. The number of carbonyl (C=O) groups excluding carboxylic acids is 3. The lowest BCUT2D eigenvalue weighted by molar-refractivity contribution is 0.0470. The van der Waals surface area contributed by atoms with Gasteiger partial charge >= 0.3 is 23.8 Å². The fourth-order valence-electron chi connectivity index (χ4n) is 3.84. The van der Waals surface area contributed by atoms with Crippen LogP contribution in [0, 0.1) is 5.82 Å². The Hall–Kier alpha value is -4.19.